The molecule has 1 aliphatic heterocycles. The van der Waals surface area contributed by atoms with Gasteiger partial charge in [-0.2, -0.15) is 0 Å². The lowest BCUT2D eigenvalue weighted by Gasteiger charge is -2.29. The molecule has 3 aromatic carbocycles. The fourth-order valence-corrected chi connectivity index (χ4v) is 4.74. The van der Waals surface area contributed by atoms with Crippen LogP contribution in [0.25, 0.3) is 10.9 Å². The van der Waals surface area contributed by atoms with Crippen molar-refractivity contribution < 1.29 is 23.5 Å². The number of amides is 3. The molecule has 34 heavy (non-hydrogen) atoms. The number of fused-ring (bicyclic) bond motifs is 2. The van der Waals surface area contributed by atoms with Gasteiger partial charge in [0.25, 0.3) is 0 Å². The standard InChI is InChI=1S/C24H18F2N4O3S/c25-18-9-16(31)10-19(26)17(18)11-30-21-4-3-15(8-22(21)34-12-23(30)32)29-24(33)28-14-2-1-13-5-6-27-20(13)7-14/h1-10,27,31H,11-12H2,(H2,28,29,33). The molecule has 0 bridgehead atoms. The zero-order valence-electron chi connectivity index (χ0n) is 17.6. The molecule has 4 aromatic rings. The summed E-state index contributed by atoms with van der Waals surface area (Å²) in [6.45, 7) is -0.321. The van der Waals surface area contributed by atoms with Crippen LogP contribution in [0.1, 0.15) is 5.56 Å². The number of H-pyrrole nitrogens is 1. The third kappa shape index (κ3) is 4.27. The van der Waals surface area contributed by atoms with Gasteiger partial charge in [0, 0.05) is 45.7 Å². The number of nitrogens with zero attached hydrogens (tertiary/aromatic N) is 1. The molecular weight excluding hydrogens is 462 g/mol. The van der Waals surface area contributed by atoms with Crippen LogP contribution in [0.15, 0.2) is 65.7 Å². The summed E-state index contributed by atoms with van der Waals surface area (Å²) >= 11 is 1.28. The fourth-order valence-electron chi connectivity index (χ4n) is 3.77. The number of halogens is 2. The first-order chi connectivity index (χ1) is 16.4. The monoisotopic (exact) mass is 480 g/mol. The lowest BCUT2D eigenvalue weighted by Crippen LogP contribution is -2.35. The number of carbonyl (C=O) groups is 2. The quantitative estimate of drug-likeness (QED) is 0.313. The molecule has 1 aromatic heterocycles. The molecule has 0 saturated heterocycles. The Hall–Kier alpha value is -4.05. The molecule has 5 rings (SSSR count). The molecule has 0 saturated carbocycles. The van der Waals surface area contributed by atoms with Crippen molar-refractivity contribution in [1.29, 1.82) is 0 Å². The summed E-state index contributed by atoms with van der Waals surface area (Å²) in [4.78, 5) is 30.1. The smallest absolute Gasteiger partial charge is 0.323 e. The van der Waals surface area contributed by atoms with E-state index in [1.807, 2.05) is 24.4 Å². The minimum absolute atomic E-state index is 0.0835. The van der Waals surface area contributed by atoms with E-state index in [4.69, 9.17) is 0 Å². The van der Waals surface area contributed by atoms with E-state index in [-0.39, 0.29) is 23.8 Å². The van der Waals surface area contributed by atoms with Crippen molar-refractivity contribution in [1.82, 2.24) is 4.98 Å². The molecule has 7 nitrogen and oxygen atoms in total. The number of anilines is 3. The van der Waals surface area contributed by atoms with Crippen LogP contribution in [0.5, 0.6) is 5.75 Å². The SMILES string of the molecule is O=C(Nc1ccc2c(c1)SCC(=O)N2Cc1c(F)cc(O)cc1F)Nc1ccc2cc[nH]c2c1. The van der Waals surface area contributed by atoms with Gasteiger partial charge in [0.15, 0.2) is 0 Å². The minimum Gasteiger partial charge on any atom is -0.508 e. The molecule has 4 N–H and O–H groups in total. The van der Waals surface area contributed by atoms with E-state index in [2.05, 4.69) is 15.6 Å². The predicted molar refractivity (Wildman–Crippen MR) is 127 cm³/mol. The average molecular weight is 480 g/mol. The molecule has 0 atom stereocenters. The number of urea groups is 1. The van der Waals surface area contributed by atoms with Crippen molar-refractivity contribution in [3.8, 4) is 5.75 Å². The number of phenolic OH excluding ortho intramolecular Hbond substituents is 1. The normalized spacial score (nSPS) is 13.1. The molecular formula is C24H18F2N4O3S. The van der Waals surface area contributed by atoms with E-state index in [9.17, 15) is 23.5 Å². The van der Waals surface area contributed by atoms with Crippen LogP contribution in [0.2, 0.25) is 0 Å². The Morgan fingerprint density at radius 1 is 1.03 bits per heavy atom. The summed E-state index contributed by atoms with van der Waals surface area (Å²) < 4.78 is 28.4. The molecule has 1 aliphatic rings. The average Bonchev–Trinajstić information content (AvgIpc) is 3.25. The first-order valence-electron chi connectivity index (χ1n) is 10.3. The van der Waals surface area contributed by atoms with Gasteiger partial charge in [0.05, 0.1) is 18.0 Å². The number of hydrogen-bond donors (Lipinski definition) is 4. The topological polar surface area (TPSA) is 97.5 Å². The highest BCUT2D eigenvalue weighted by Gasteiger charge is 2.27. The number of nitrogens with one attached hydrogen (secondary N) is 3. The van der Waals surface area contributed by atoms with Crippen molar-refractivity contribution in [3.05, 3.63) is 78.0 Å². The number of aromatic amines is 1. The van der Waals surface area contributed by atoms with Crippen LogP contribution in [0, 0.1) is 11.6 Å². The van der Waals surface area contributed by atoms with Crippen molar-refractivity contribution in [2.45, 2.75) is 11.4 Å². The maximum atomic E-state index is 14.2. The third-order valence-electron chi connectivity index (χ3n) is 5.42. The maximum Gasteiger partial charge on any atom is 0.323 e. The Balaban J connectivity index is 1.33. The van der Waals surface area contributed by atoms with E-state index < -0.39 is 23.4 Å². The summed E-state index contributed by atoms with van der Waals surface area (Å²) in [5.41, 5.74) is 2.19. The summed E-state index contributed by atoms with van der Waals surface area (Å²) in [6.07, 6.45) is 1.82. The molecule has 0 aliphatic carbocycles. The van der Waals surface area contributed by atoms with Crippen molar-refractivity contribution >= 4 is 51.7 Å². The van der Waals surface area contributed by atoms with Crippen LogP contribution < -0.4 is 15.5 Å². The molecule has 0 unspecified atom stereocenters. The summed E-state index contributed by atoms with van der Waals surface area (Å²) in [6, 6.07) is 13.6. The second-order valence-electron chi connectivity index (χ2n) is 7.70. The van der Waals surface area contributed by atoms with Crippen molar-refractivity contribution in [3.63, 3.8) is 0 Å². The highest BCUT2D eigenvalue weighted by molar-refractivity contribution is 8.00. The molecule has 0 fully saturated rings. The van der Waals surface area contributed by atoms with Crippen LogP contribution in [0.3, 0.4) is 0 Å². The van der Waals surface area contributed by atoms with E-state index in [1.54, 1.807) is 24.3 Å². The maximum absolute atomic E-state index is 14.2. The summed E-state index contributed by atoms with van der Waals surface area (Å²) in [7, 11) is 0. The number of thioether (sulfide) groups is 1. The molecule has 0 radical (unpaired) electrons. The first-order valence-corrected chi connectivity index (χ1v) is 11.3. The number of carbonyl (C=O) groups excluding carboxylic acids is 2. The minimum atomic E-state index is -0.933. The molecule has 2 heterocycles. The zero-order chi connectivity index (χ0) is 23.8. The van der Waals surface area contributed by atoms with Gasteiger partial charge in [0.1, 0.15) is 17.4 Å². The number of rotatable bonds is 4. The van der Waals surface area contributed by atoms with E-state index in [1.165, 1.54) is 16.7 Å². The summed E-state index contributed by atoms with van der Waals surface area (Å²) in [5, 5.41) is 15.9. The Labute approximate surface area is 196 Å². The summed E-state index contributed by atoms with van der Waals surface area (Å²) in [5.74, 6) is -2.61. The van der Waals surface area contributed by atoms with Crippen LogP contribution in [-0.4, -0.2) is 27.8 Å². The van der Waals surface area contributed by atoms with Gasteiger partial charge in [0.2, 0.25) is 5.91 Å². The van der Waals surface area contributed by atoms with Gasteiger partial charge in [-0.05, 0) is 41.8 Å². The van der Waals surface area contributed by atoms with Crippen LogP contribution >= 0.6 is 11.8 Å². The third-order valence-corrected chi connectivity index (χ3v) is 6.44. The number of phenols is 1. The Kier molecular flexibility index (Phi) is 5.58. The van der Waals surface area contributed by atoms with Gasteiger partial charge in [-0.15, -0.1) is 11.8 Å². The molecule has 3 amide bonds. The molecule has 172 valence electrons. The van der Waals surface area contributed by atoms with Gasteiger partial charge >= 0.3 is 6.03 Å². The molecule has 0 spiro atoms. The Morgan fingerprint density at radius 2 is 1.74 bits per heavy atom. The number of benzene rings is 3. The highest BCUT2D eigenvalue weighted by atomic mass is 32.2. The van der Waals surface area contributed by atoms with Crippen molar-refractivity contribution in [2.24, 2.45) is 0 Å². The first kappa shape index (κ1) is 21.8. The lowest BCUT2D eigenvalue weighted by molar-refractivity contribution is -0.116. The number of aromatic nitrogens is 1. The predicted octanol–water partition coefficient (Wildman–Crippen LogP) is 5.43. The van der Waals surface area contributed by atoms with Gasteiger partial charge in [-0.1, -0.05) is 6.07 Å². The lowest BCUT2D eigenvalue weighted by atomic mass is 10.1. The van der Waals surface area contributed by atoms with Gasteiger partial charge in [-0.25, -0.2) is 13.6 Å². The number of aromatic hydroxyl groups is 1. The van der Waals surface area contributed by atoms with Crippen LogP contribution in [-0.2, 0) is 11.3 Å². The fraction of sp³-hybridized carbons (Fsp3) is 0.0833. The second-order valence-corrected chi connectivity index (χ2v) is 8.72. The second kappa shape index (κ2) is 8.71. The Morgan fingerprint density at radius 3 is 2.50 bits per heavy atom. The largest absolute Gasteiger partial charge is 0.508 e. The van der Waals surface area contributed by atoms with Crippen LogP contribution in [0.4, 0.5) is 30.6 Å². The van der Waals surface area contributed by atoms with Crippen molar-refractivity contribution in [2.75, 3.05) is 21.3 Å². The van der Waals surface area contributed by atoms with E-state index in [0.717, 1.165) is 23.0 Å². The highest BCUT2D eigenvalue weighted by Crippen LogP contribution is 2.38. The zero-order valence-corrected chi connectivity index (χ0v) is 18.4. The Bertz CT molecular complexity index is 1420. The molecule has 10 heteroatoms. The van der Waals surface area contributed by atoms with Gasteiger partial charge < -0.3 is 25.6 Å². The van der Waals surface area contributed by atoms with E-state index in [0.29, 0.717) is 22.0 Å². The van der Waals surface area contributed by atoms with E-state index >= 15 is 0 Å². The number of hydrogen-bond acceptors (Lipinski definition) is 4. The van der Waals surface area contributed by atoms with Gasteiger partial charge in [-0.3, -0.25) is 4.79 Å².